The van der Waals surface area contributed by atoms with Crippen molar-refractivity contribution in [2.45, 2.75) is 0 Å². The van der Waals surface area contributed by atoms with Crippen LogP contribution < -0.4 is 4.18 Å². The van der Waals surface area contributed by atoms with Crippen LogP contribution >= 0.6 is 0 Å². The largest absolute Gasteiger partial charge is 0.362 e. The van der Waals surface area contributed by atoms with E-state index in [1.54, 1.807) is 0 Å². The van der Waals surface area contributed by atoms with E-state index in [2.05, 4.69) is 9.17 Å². The van der Waals surface area contributed by atoms with Crippen LogP contribution in [-0.4, -0.2) is 19.7 Å². The molecule has 0 atom stereocenters. The van der Waals surface area contributed by atoms with Crippen LogP contribution in [0.2, 0.25) is 0 Å². The predicted octanol–water partition coefficient (Wildman–Crippen LogP) is 2.37. The Bertz CT molecular complexity index is 696. The van der Waals surface area contributed by atoms with Gasteiger partial charge in [-0.05, 0) is 18.2 Å². The van der Waals surface area contributed by atoms with Gasteiger partial charge in [0.2, 0.25) is 5.88 Å². The molecule has 0 aliphatic rings. The molecule has 1 aromatic carbocycles. The minimum Gasteiger partial charge on any atom is -0.362 e. The average molecular weight is 285 g/mol. The zero-order chi connectivity index (χ0) is 14.0. The van der Waals surface area contributed by atoms with E-state index < -0.39 is 21.8 Å². The van der Waals surface area contributed by atoms with E-state index in [1.165, 1.54) is 24.3 Å². The maximum absolute atomic E-state index is 13.6. The quantitative estimate of drug-likeness (QED) is 0.812. The third kappa shape index (κ3) is 3.25. The van der Waals surface area contributed by atoms with Crippen LogP contribution in [0.4, 0.5) is 8.78 Å². The van der Waals surface area contributed by atoms with Gasteiger partial charge >= 0.3 is 10.1 Å². The molecule has 0 aliphatic carbocycles. The molecule has 4 nitrogen and oxygen atoms in total. The first-order valence-corrected chi connectivity index (χ1v) is 6.99. The molecular formula is C12H9F2NO3S. The fourth-order valence-electron chi connectivity index (χ4n) is 1.50. The summed E-state index contributed by atoms with van der Waals surface area (Å²) in [7, 11) is -3.75. The molecule has 1 aromatic heterocycles. The summed E-state index contributed by atoms with van der Waals surface area (Å²) in [5, 5.41) is 0. The van der Waals surface area contributed by atoms with Gasteiger partial charge in [0, 0.05) is 6.07 Å². The van der Waals surface area contributed by atoms with E-state index in [-0.39, 0.29) is 17.1 Å². The van der Waals surface area contributed by atoms with Crippen LogP contribution in [0.25, 0.3) is 11.3 Å². The van der Waals surface area contributed by atoms with Gasteiger partial charge in [-0.1, -0.05) is 12.1 Å². The van der Waals surface area contributed by atoms with E-state index >= 15 is 0 Å². The predicted molar refractivity (Wildman–Crippen MR) is 65.1 cm³/mol. The van der Waals surface area contributed by atoms with Crippen LogP contribution in [0.1, 0.15) is 0 Å². The molecule has 7 heteroatoms. The number of benzene rings is 1. The molecule has 0 aliphatic heterocycles. The fraction of sp³-hybridized carbons (Fsp3) is 0.0833. The molecule has 2 rings (SSSR count). The van der Waals surface area contributed by atoms with E-state index in [1.807, 2.05) is 0 Å². The van der Waals surface area contributed by atoms with Crippen LogP contribution in [0.3, 0.4) is 0 Å². The summed E-state index contributed by atoms with van der Waals surface area (Å²) >= 11 is 0. The zero-order valence-corrected chi connectivity index (χ0v) is 10.6. The second-order valence-electron chi connectivity index (χ2n) is 3.75. The highest BCUT2D eigenvalue weighted by Crippen LogP contribution is 2.25. The van der Waals surface area contributed by atoms with E-state index in [4.69, 9.17) is 0 Å². The summed E-state index contributed by atoms with van der Waals surface area (Å²) < 4.78 is 53.6. The Morgan fingerprint density at radius 1 is 1.05 bits per heavy atom. The lowest BCUT2D eigenvalue weighted by Crippen LogP contribution is -2.07. The third-order valence-corrected chi connectivity index (χ3v) is 2.65. The number of rotatable bonds is 3. The van der Waals surface area contributed by atoms with Crippen molar-refractivity contribution in [3.8, 4) is 17.1 Å². The summed E-state index contributed by atoms with van der Waals surface area (Å²) in [5.74, 6) is -1.82. The third-order valence-electron chi connectivity index (χ3n) is 2.18. The summed E-state index contributed by atoms with van der Waals surface area (Å²) in [6.07, 6.45) is 0.852. The Hall–Kier alpha value is -2.02. The molecule has 0 bridgehead atoms. The lowest BCUT2D eigenvalue weighted by atomic mass is 10.1. The van der Waals surface area contributed by atoms with Gasteiger partial charge in [0.05, 0.1) is 17.5 Å². The van der Waals surface area contributed by atoms with Gasteiger partial charge in [0.15, 0.2) is 0 Å². The number of hydrogen-bond acceptors (Lipinski definition) is 4. The zero-order valence-electron chi connectivity index (χ0n) is 9.80. The van der Waals surface area contributed by atoms with Crippen molar-refractivity contribution < 1.29 is 21.4 Å². The molecule has 0 saturated carbocycles. The molecule has 0 spiro atoms. The monoisotopic (exact) mass is 285 g/mol. The number of nitrogens with zero attached hydrogens (tertiary/aromatic N) is 1. The van der Waals surface area contributed by atoms with E-state index in [0.717, 1.165) is 18.4 Å². The molecule has 1 heterocycles. The van der Waals surface area contributed by atoms with Crippen LogP contribution in [0, 0.1) is 11.6 Å². The number of halogens is 2. The molecule has 0 unspecified atom stereocenters. The molecule has 0 fully saturated rings. The Morgan fingerprint density at radius 3 is 2.21 bits per heavy atom. The Balaban J connectivity index is 2.50. The first kappa shape index (κ1) is 13.4. The van der Waals surface area contributed by atoms with Crippen molar-refractivity contribution in [1.82, 2.24) is 4.98 Å². The van der Waals surface area contributed by atoms with Gasteiger partial charge in [-0.3, -0.25) is 0 Å². The molecule has 0 saturated heterocycles. The Labute approximate surface area is 108 Å². The summed E-state index contributed by atoms with van der Waals surface area (Å²) in [6.45, 7) is 0. The average Bonchev–Trinajstić information content (AvgIpc) is 2.26. The van der Waals surface area contributed by atoms with Crippen LogP contribution in [0.15, 0.2) is 36.4 Å². The van der Waals surface area contributed by atoms with Gasteiger partial charge in [-0.25, -0.2) is 13.8 Å². The van der Waals surface area contributed by atoms with Crippen molar-refractivity contribution >= 4 is 10.1 Å². The summed E-state index contributed by atoms with van der Waals surface area (Å²) in [4.78, 5) is 3.77. The topological polar surface area (TPSA) is 56.3 Å². The van der Waals surface area contributed by atoms with Crippen molar-refractivity contribution in [1.29, 1.82) is 0 Å². The minimum absolute atomic E-state index is 0.0447. The lowest BCUT2D eigenvalue weighted by molar-refractivity contribution is 0.483. The second-order valence-corrected chi connectivity index (χ2v) is 5.32. The Morgan fingerprint density at radius 2 is 1.63 bits per heavy atom. The van der Waals surface area contributed by atoms with Crippen molar-refractivity contribution in [2.75, 3.05) is 6.26 Å². The SMILES string of the molecule is CS(=O)(=O)Oc1cccc(-c2c(F)cccc2F)n1. The van der Waals surface area contributed by atoms with Crippen LogP contribution in [0.5, 0.6) is 5.88 Å². The first-order valence-electron chi connectivity index (χ1n) is 5.18. The van der Waals surface area contributed by atoms with Gasteiger partial charge < -0.3 is 4.18 Å². The molecule has 0 N–H and O–H groups in total. The van der Waals surface area contributed by atoms with E-state index in [0.29, 0.717) is 0 Å². The minimum atomic E-state index is -3.75. The van der Waals surface area contributed by atoms with Gasteiger partial charge in [0.25, 0.3) is 0 Å². The molecule has 19 heavy (non-hydrogen) atoms. The molecule has 0 amide bonds. The Kier molecular flexibility index (Phi) is 3.48. The molecule has 2 aromatic rings. The molecule has 0 radical (unpaired) electrons. The number of pyridine rings is 1. The fourth-order valence-corrected chi connectivity index (χ4v) is 1.90. The molecular weight excluding hydrogens is 276 g/mol. The van der Waals surface area contributed by atoms with Crippen molar-refractivity contribution in [2.24, 2.45) is 0 Å². The highest BCUT2D eigenvalue weighted by molar-refractivity contribution is 7.86. The lowest BCUT2D eigenvalue weighted by Gasteiger charge is -2.06. The second kappa shape index (κ2) is 4.93. The smallest absolute Gasteiger partial charge is 0.307 e. The molecule has 100 valence electrons. The van der Waals surface area contributed by atoms with Gasteiger partial charge in [-0.2, -0.15) is 8.42 Å². The van der Waals surface area contributed by atoms with Gasteiger partial charge in [-0.15, -0.1) is 0 Å². The van der Waals surface area contributed by atoms with Gasteiger partial charge in [0.1, 0.15) is 11.6 Å². The maximum Gasteiger partial charge on any atom is 0.307 e. The highest BCUT2D eigenvalue weighted by Gasteiger charge is 2.14. The highest BCUT2D eigenvalue weighted by atomic mass is 32.2. The van der Waals surface area contributed by atoms with Crippen molar-refractivity contribution in [3.05, 3.63) is 48.0 Å². The summed E-state index contributed by atoms with van der Waals surface area (Å²) in [6, 6.07) is 7.44. The van der Waals surface area contributed by atoms with Crippen molar-refractivity contribution in [3.63, 3.8) is 0 Å². The standard InChI is InChI=1S/C12H9F2NO3S/c1-19(16,17)18-11-7-3-6-10(15-11)12-8(13)4-2-5-9(12)14/h2-7H,1H3. The van der Waals surface area contributed by atoms with E-state index in [9.17, 15) is 17.2 Å². The summed E-state index contributed by atoms with van der Waals surface area (Å²) in [5.41, 5.74) is -0.377. The maximum atomic E-state index is 13.6. The van der Waals surface area contributed by atoms with Crippen LogP contribution in [-0.2, 0) is 10.1 Å². The normalized spacial score (nSPS) is 11.3. The number of hydrogen-bond donors (Lipinski definition) is 0. The first-order chi connectivity index (χ1) is 8.87. The number of aromatic nitrogens is 1.